The van der Waals surface area contributed by atoms with Gasteiger partial charge in [-0.2, -0.15) is 5.01 Å². The lowest BCUT2D eigenvalue weighted by Crippen LogP contribution is -2.56. The highest BCUT2D eigenvalue weighted by atomic mass is 16.6. The number of cyclic esters (lactones) is 1. The molecule has 18 heavy (non-hydrogen) atoms. The van der Waals surface area contributed by atoms with Crippen LogP contribution in [0.4, 0.5) is 10.5 Å². The lowest BCUT2D eigenvalue weighted by molar-refractivity contribution is -0.131. The van der Waals surface area contributed by atoms with Crippen molar-refractivity contribution in [3.8, 4) is 0 Å². The highest BCUT2D eigenvalue weighted by Crippen LogP contribution is 2.39. The number of nitrogens with one attached hydrogen (secondary N) is 1. The number of anilines is 1. The highest BCUT2D eigenvalue weighted by molar-refractivity contribution is 5.74. The van der Waals surface area contributed by atoms with E-state index in [1.165, 1.54) is 0 Å². The van der Waals surface area contributed by atoms with E-state index in [9.17, 15) is 9.90 Å². The Balaban J connectivity index is 2.26. The monoisotopic (exact) mass is 250 g/mol. The summed E-state index contributed by atoms with van der Waals surface area (Å²) in [6.45, 7) is 5.16. The van der Waals surface area contributed by atoms with Crippen LogP contribution in [0.15, 0.2) is 30.3 Å². The smallest absolute Gasteiger partial charge is 0.432 e. The molecular formula is C13H18N2O3. The second-order valence-electron chi connectivity index (χ2n) is 4.79. The molecule has 5 nitrogen and oxygen atoms in total. The molecule has 1 aromatic rings. The first kappa shape index (κ1) is 12.7. The maximum atomic E-state index is 11.8. The summed E-state index contributed by atoms with van der Waals surface area (Å²) in [7, 11) is 0. The van der Waals surface area contributed by atoms with Crippen LogP contribution in [0.3, 0.4) is 0 Å². The molecule has 1 aliphatic heterocycles. The number of carbonyl (C=O) groups excluding carboxylic acids is 1. The average molecular weight is 250 g/mol. The van der Waals surface area contributed by atoms with Crippen molar-refractivity contribution in [3.63, 3.8) is 0 Å². The van der Waals surface area contributed by atoms with E-state index in [1.54, 1.807) is 13.8 Å². The molecule has 2 rings (SSSR count). The van der Waals surface area contributed by atoms with Crippen LogP contribution in [0, 0.1) is 0 Å². The molecule has 98 valence electrons. The van der Waals surface area contributed by atoms with Crippen LogP contribution in [0.25, 0.3) is 0 Å². The SMILES string of the molecule is CC[C@]1(C)OC(=O)N(Nc2ccccc2)[C@@]1(C)O. The Bertz CT molecular complexity index is 447. The first-order chi connectivity index (χ1) is 8.40. The number of hydrogen-bond donors (Lipinski definition) is 2. The van der Waals surface area contributed by atoms with E-state index in [0.717, 1.165) is 10.7 Å². The van der Waals surface area contributed by atoms with Gasteiger partial charge in [0, 0.05) is 0 Å². The molecule has 5 heteroatoms. The second kappa shape index (κ2) is 4.17. The number of aliphatic hydroxyl groups is 1. The van der Waals surface area contributed by atoms with Crippen molar-refractivity contribution < 1.29 is 14.6 Å². The molecular weight excluding hydrogens is 232 g/mol. The van der Waals surface area contributed by atoms with Gasteiger partial charge in [-0.15, -0.1) is 0 Å². The van der Waals surface area contributed by atoms with E-state index >= 15 is 0 Å². The Kier molecular flexibility index (Phi) is 2.94. The lowest BCUT2D eigenvalue weighted by Gasteiger charge is -2.36. The molecule has 0 aliphatic carbocycles. The third kappa shape index (κ3) is 1.80. The minimum atomic E-state index is -1.41. The molecule has 2 atom stereocenters. The summed E-state index contributed by atoms with van der Waals surface area (Å²) in [5, 5.41) is 11.7. The Morgan fingerprint density at radius 2 is 1.94 bits per heavy atom. The van der Waals surface area contributed by atoms with Crippen molar-refractivity contribution >= 4 is 11.8 Å². The molecule has 1 aliphatic rings. The van der Waals surface area contributed by atoms with Gasteiger partial charge in [0.05, 0.1) is 5.69 Å². The summed E-state index contributed by atoms with van der Waals surface area (Å²) in [6, 6.07) is 9.19. The zero-order valence-corrected chi connectivity index (χ0v) is 10.8. The van der Waals surface area contributed by atoms with E-state index in [0.29, 0.717) is 6.42 Å². The van der Waals surface area contributed by atoms with Crippen LogP contribution < -0.4 is 5.43 Å². The highest BCUT2D eigenvalue weighted by Gasteiger charge is 2.59. The minimum Gasteiger partial charge on any atom is -0.437 e. The molecule has 1 heterocycles. The standard InChI is InChI=1S/C13H18N2O3/c1-4-12(2)13(3,17)15(11(16)18-12)14-10-8-6-5-7-9-10/h5-9,14,17H,4H2,1-3H3/t12-,13-/m0/s1. The number of para-hydroxylation sites is 1. The van der Waals surface area contributed by atoms with Gasteiger partial charge in [0.1, 0.15) is 0 Å². The number of hydrazine groups is 1. The van der Waals surface area contributed by atoms with E-state index in [4.69, 9.17) is 4.74 Å². The lowest BCUT2D eigenvalue weighted by atomic mass is 9.91. The summed E-state index contributed by atoms with van der Waals surface area (Å²) < 4.78 is 5.27. The predicted molar refractivity (Wildman–Crippen MR) is 67.7 cm³/mol. The third-order valence-electron chi connectivity index (χ3n) is 3.62. The van der Waals surface area contributed by atoms with Crippen molar-refractivity contribution in [2.75, 3.05) is 5.43 Å². The van der Waals surface area contributed by atoms with Crippen LogP contribution in [0.5, 0.6) is 0 Å². The van der Waals surface area contributed by atoms with Crippen LogP contribution in [-0.2, 0) is 4.74 Å². The molecule has 0 unspecified atom stereocenters. The van der Waals surface area contributed by atoms with Crippen LogP contribution in [0.2, 0.25) is 0 Å². The first-order valence-corrected chi connectivity index (χ1v) is 5.98. The molecule has 0 saturated carbocycles. The van der Waals surface area contributed by atoms with E-state index in [-0.39, 0.29) is 0 Å². The van der Waals surface area contributed by atoms with E-state index in [1.807, 2.05) is 37.3 Å². The Hall–Kier alpha value is -1.75. The van der Waals surface area contributed by atoms with Gasteiger partial charge in [0.15, 0.2) is 11.3 Å². The fraction of sp³-hybridized carbons (Fsp3) is 0.462. The third-order valence-corrected chi connectivity index (χ3v) is 3.62. The summed E-state index contributed by atoms with van der Waals surface area (Å²) in [6.07, 6.45) is -0.0492. The van der Waals surface area contributed by atoms with Crippen LogP contribution >= 0.6 is 0 Å². The van der Waals surface area contributed by atoms with Crippen molar-refractivity contribution in [1.29, 1.82) is 0 Å². The van der Waals surface area contributed by atoms with Gasteiger partial charge in [-0.25, -0.2) is 4.79 Å². The van der Waals surface area contributed by atoms with Crippen molar-refractivity contribution in [3.05, 3.63) is 30.3 Å². The zero-order valence-electron chi connectivity index (χ0n) is 10.8. The predicted octanol–water partition coefficient (Wildman–Crippen LogP) is 2.34. The number of nitrogens with zero attached hydrogens (tertiary/aromatic N) is 1. The molecule has 1 fully saturated rings. The molecule has 0 aromatic heterocycles. The van der Waals surface area contributed by atoms with Crippen molar-refractivity contribution in [2.45, 2.75) is 38.5 Å². The largest absolute Gasteiger partial charge is 0.437 e. The summed E-state index contributed by atoms with van der Waals surface area (Å²) >= 11 is 0. The molecule has 0 radical (unpaired) electrons. The number of amides is 1. The van der Waals surface area contributed by atoms with Crippen LogP contribution in [-0.4, -0.2) is 27.5 Å². The van der Waals surface area contributed by atoms with E-state index < -0.39 is 17.4 Å². The van der Waals surface area contributed by atoms with Gasteiger partial charge in [0.2, 0.25) is 0 Å². The number of carbonyl (C=O) groups is 1. The number of hydrogen-bond acceptors (Lipinski definition) is 4. The maximum Gasteiger partial charge on any atom is 0.432 e. The fourth-order valence-corrected chi connectivity index (χ4v) is 1.95. The fourth-order valence-electron chi connectivity index (χ4n) is 1.95. The average Bonchev–Trinajstić information content (AvgIpc) is 2.51. The zero-order chi connectivity index (χ0) is 13.4. The molecule has 0 spiro atoms. The first-order valence-electron chi connectivity index (χ1n) is 5.98. The minimum absolute atomic E-state index is 0.526. The summed E-state index contributed by atoms with van der Waals surface area (Å²) in [5.41, 5.74) is 1.26. The van der Waals surface area contributed by atoms with Gasteiger partial charge < -0.3 is 9.84 Å². The molecule has 1 amide bonds. The number of benzene rings is 1. The van der Waals surface area contributed by atoms with Gasteiger partial charge >= 0.3 is 6.09 Å². The van der Waals surface area contributed by atoms with Crippen LogP contribution in [0.1, 0.15) is 27.2 Å². The molecule has 0 bridgehead atoms. The second-order valence-corrected chi connectivity index (χ2v) is 4.79. The van der Waals surface area contributed by atoms with Gasteiger partial charge in [-0.3, -0.25) is 5.43 Å². The summed E-state index contributed by atoms with van der Waals surface area (Å²) in [5.74, 6) is 0. The normalized spacial score (nSPS) is 31.3. The molecule has 1 aromatic carbocycles. The van der Waals surface area contributed by atoms with Crippen molar-refractivity contribution in [1.82, 2.24) is 5.01 Å². The Labute approximate surface area is 106 Å². The van der Waals surface area contributed by atoms with Gasteiger partial charge in [-0.05, 0) is 32.4 Å². The Morgan fingerprint density at radius 1 is 1.33 bits per heavy atom. The maximum absolute atomic E-state index is 11.8. The quantitative estimate of drug-likeness (QED) is 0.864. The summed E-state index contributed by atoms with van der Waals surface area (Å²) in [4.78, 5) is 11.8. The number of rotatable bonds is 3. The number of ether oxygens (including phenoxy) is 1. The van der Waals surface area contributed by atoms with Gasteiger partial charge in [-0.1, -0.05) is 25.1 Å². The molecule has 1 saturated heterocycles. The Morgan fingerprint density at radius 3 is 2.44 bits per heavy atom. The van der Waals surface area contributed by atoms with Gasteiger partial charge in [0.25, 0.3) is 0 Å². The van der Waals surface area contributed by atoms with Crippen molar-refractivity contribution in [2.24, 2.45) is 0 Å². The molecule has 2 N–H and O–H groups in total. The topological polar surface area (TPSA) is 61.8 Å². The van der Waals surface area contributed by atoms with E-state index in [2.05, 4.69) is 5.43 Å².